The van der Waals surface area contributed by atoms with E-state index in [1.54, 1.807) is 35.6 Å². The van der Waals surface area contributed by atoms with Crippen molar-refractivity contribution < 1.29 is 9.53 Å². The van der Waals surface area contributed by atoms with E-state index in [9.17, 15) is 4.79 Å². The van der Waals surface area contributed by atoms with Gasteiger partial charge in [0.25, 0.3) is 5.91 Å². The van der Waals surface area contributed by atoms with Crippen LogP contribution >= 0.6 is 35.3 Å². The first kappa shape index (κ1) is 20.0. The fourth-order valence-electron chi connectivity index (χ4n) is 2.54. The summed E-state index contributed by atoms with van der Waals surface area (Å²) in [5.41, 5.74) is 1.10. The second kappa shape index (κ2) is 8.85. The first-order valence-electron chi connectivity index (χ1n) is 7.92. The van der Waals surface area contributed by atoms with Gasteiger partial charge in [0.2, 0.25) is 0 Å². The number of carbonyl (C=O) groups is 1. The van der Waals surface area contributed by atoms with E-state index in [1.807, 2.05) is 0 Å². The number of amides is 1. The summed E-state index contributed by atoms with van der Waals surface area (Å²) in [4.78, 5) is 20.2. The average Bonchev–Trinajstić information content (AvgIpc) is 2.95. The van der Waals surface area contributed by atoms with Crippen molar-refractivity contribution in [2.45, 2.75) is 32.9 Å². The van der Waals surface area contributed by atoms with Gasteiger partial charge in [-0.05, 0) is 38.1 Å². The molecular formula is C17H21Cl2N3O2S. The summed E-state index contributed by atoms with van der Waals surface area (Å²) < 4.78 is 5.44. The maximum atomic E-state index is 12.0. The number of hydrogen-bond donors (Lipinski definition) is 1. The van der Waals surface area contributed by atoms with Crippen LogP contribution in [0, 0.1) is 0 Å². The van der Waals surface area contributed by atoms with Gasteiger partial charge in [0.15, 0.2) is 11.7 Å². The SMILES string of the molecule is CC(C)N1CCc2nc(NC(=O)COc3ccc(Cl)cc3)sc2C1.Cl. The summed E-state index contributed by atoms with van der Waals surface area (Å²) in [6.07, 6.45) is 0.932. The quantitative estimate of drug-likeness (QED) is 0.822. The number of rotatable bonds is 5. The number of hydrogen-bond acceptors (Lipinski definition) is 5. The van der Waals surface area contributed by atoms with Crippen LogP contribution in [0.15, 0.2) is 24.3 Å². The van der Waals surface area contributed by atoms with Gasteiger partial charge in [-0.25, -0.2) is 4.98 Å². The lowest BCUT2D eigenvalue weighted by molar-refractivity contribution is -0.118. The Morgan fingerprint density at radius 2 is 2.12 bits per heavy atom. The zero-order valence-corrected chi connectivity index (χ0v) is 16.5. The van der Waals surface area contributed by atoms with E-state index in [4.69, 9.17) is 16.3 Å². The second-order valence-electron chi connectivity index (χ2n) is 5.99. The fourth-order valence-corrected chi connectivity index (χ4v) is 3.72. The van der Waals surface area contributed by atoms with Gasteiger partial charge in [-0.1, -0.05) is 11.6 Å². The summed E-state index contributed by atoms with van der Waals surface area (Å²) in [6, 6.07) is 7.44. The molecule has 0 aliphatic carbocycles. The van der Waals surface area contributed by atoms with Gasteiger partial charge in [0, 0.05) is 35.5 Å². The molecule has 136 valence electrons. The molecule has 1 N–H and O–H groups in total. The molecule has 25 heavy (non-hydrogen) atoms. The van der Waals surface area contributed by atoms with Crippen LogP contribution < -0.4 is 10.1 Å². The number of halogens is 2. The average molecular weight is 402 g/mol. The van der Waals surface area contributed by atoms with Gasteiger partial charge >= 0.3 is 0 Å². The number of nitrogens with zero attached hydrogens (tertiary/aromatic N) is 2. The number of carbonyl (C=O) groups excluding carboxylic acids is 1. The molecule has 1 amide bonds. The summed E-state index contributed by atoms with van der Waals surface area (Å²) in [6.45, 7) is 6.26. The summed E-state index contributed by atoms with van der Waals surface area (Å²) in [7, 11) is 0. The topological polar surface area (TPSA) is 54.5 Å². The molecule has 0 unspecified atom stereocenters. The van der Waals surface area contributed by atoms with Crippen molar-refractivity contribution in [3.8, 4) is 5.75 Å². The smallest absolute Gasteiger partial charge is 0.264 e. The normalized spacial score (nSPS) is 13.9. The Hall–Kier alpha value is -1.34. The maximum absolute atomic E-state index is 12.0. The molecule has 2 heterocycles. The highest BCUT2D eigenvalue weighted by Gasteiger charge is 2.22. The molecule has 5 nitrogen and oxygen atoms in total. The van der Waals surface area contributed by atoms with E-state index >= 15 is 0 Å². The molecule has 0 radical (unpaired) electrons. The highest BCUT2D eigenvalue weighted by Crippen LogP contribution is 2.29. The van der Waals surface area contributed by atoms with Gasteiger partial charge in [-0.3, -0.25) is 15.0 Å². The summed E-state index contributed by atoms with van der Waals surface area (Å²) in [5.74, 6) is 0.400. The Balaban J connectivity index is 0.00000225. The predicted octanol–water partition coefficient (Wildman–Crippen LogP) is 4.00. The van der Waals surface area contributed by atoms with E-state index < -0.39 is 0 Å². The third-order valence-electron chi connectivity index (χ3n) is 3.92. The van der Waals surface area contributed by atoms with Crippen molar-refractivity contribution in [2.24, 2.45) is 0 Å². The fraction of sp³-hybridized carbons (Fsp3) is 0.412. The van der Waals surface area contributed by atoms with Crippen LogP contribution in [0.3, 0.4) is 0 Å². The summed E-state index contributed by atoms with van der Waals surface area (Å²) in [5, 5.41) is 4.11. The molecule has 1 aromatic heterocycles. The van der Waals surface area contributed by atoms with E-state index in [0.29, 0.717) is 21.9 Å². The molecule has 0 atom stereocenters. The lowest BCUT2D eigenvalue weighted by Gasteiger charge is -2.29. The largest absolute Gasteiger partial charge is 0.484 e. The number of anilines is 1. The molecule has 1 aliphatic heterocycles. The predicted molar refractivity (Wildman–Crippen MR) is 104 cm³/mol. The lowest BCUT2D eigenvalue weighted by Crippen LogP contribution is -2.35. The second-order valence-corrected chi connectivity index (χ2v) is 7.51. The van der Waals surface area contributed by atoms with E-state index in [0.717, 1.165) is 25.2 Å². The third-order valence-corrected chi connectivity index (χ3v) is 5.17. The van der Waals surface area contributed by atoms with Gasteiger partial charge in [0.1, 0.15) is 5.75 Å². The molecule has 2 aromatic rings. The first-order chi connectivity index (χ1) is 11.5. The minimum atomic E-state index is -0.211. The van der Waals surface area contributed by atoms with Crippen molar-refractivity contribution >= 4 is 46.4 Å². The number of ether oxygens (including phenoxy) is 1. The molecule has 3 rings (SSSR count). The van der Waals surface area contributed by atoms with Crippen molar-refractivity contribution in [1.29, 1.82) is 0 Å². The molecule has 1 aromatic carbocycles. The third kappa shape index (κ3) is 5.31. The highest BCUT2D eigenvalue weighted by atomic mass is 35.5. The molecule has 0 bridgehead atoms. The van der Waals surface area contributed by atoms with Crippen LogP contribution in [0.25, 0.3) is 0 Å². The standard InChI is InChI=1S/C17H20ClN3O2S.ClH/c1-11(2)21-8-7-14-15(9-21)24-17(19-14)20-16(22)10-23-13-5-3-12(18)4-6-13;/h3-6,11H,7-10H2,1-2H3,(H,19,20,22);1H. The number of aromatic nitrogens is 1. The van der Waals surface area contributed by atoms with Crippen molar-refractivity contribution in [3.05, 3.63) is 39.9 Å². The minimum Gasteiger partial charge on any atom is -0.484 e. The Morgan fingerprint density at radius 1 is 1.40 bits per heavy atom. The zero-order valence-electron chi connectivity index (χ0n) is 14.1. The van der Waals surface area contributed by atoms with Crippen LogP contribution in [-0.4, -0.2) is 35.0 Å². The van der Waals surface area contributed by atoms with Crippen molar-refractivity contribution in [1.82, 2.24) is 9.88 Å². The van der Waals surface area contributed by atoms with Gasteiger partial charge in [0.05, 0.1) is 5.69 Å². The van der Waals surface area contributed by atoms with Crippen molar-refractivity contribution in [2.75, 3.05) is 18.5 Å². The maximum Gasteiger partial charge on any atom is 0.264 e. The number of thiazole rings is 1. The molecule has 0 saturated carbocycles. The Kier molecular flexibility index (Phi) is 7.07. The van der Waals surface area contributed by atoms with Crippen LogP contribution in [0.1, 0.15) is 24.4 Å². The first-order valence-corrected chi connectivity index (χ1v) is 9.11. The van der Waals surface area contributed by atoms with E-state index in [1.165, 1.54) is 4.88 Å². The van der Waals surface area contributed by atoms with Gasteiger partial charge in [-0.15, -0.1) is 23.7 Å². The van der Waals surface area contributed by atoms with Crippen LogP contribution in [0.5, 0.6) is 5.75 Å². The van der Waals surface area contributed by atoms with Crippen LogP contribution in [0.2, 0.25) is 5.02 Å². The van der Waals surface area contributed by atoms with Gasteiger partial charge < -0.3 is 4.74 Å². The molecule has 1 aliphatic rings. The Labute approximate surface area is 162 Å². The Morgan fingerprint density at radius 3 is 2.80 bits per heavy atom. The molecular weight excluding hydrogens is 381 g/mol. The lowest BCUT2D eigenvalue weighted by atomic mass is 10.1. The monoisotopic (exact) mass is 401 g/mol. The minimum absolute atomic E-state index is 0. The van der Waals surface area contributed by atoms with Crippen molar-refractivity contribution in [3.63, 3.8) is 0 Å². The van der Waals surface area contributed by atoms with Crippen LogP contribution in [0.4, 0.5) is 5.13 Å². The Bertz CT molecular complexity index is 719. The van der Waals surface area contributed by atoms with E-state index in [2.05, 4.69) is 29.0 Å². The molecule has 0 fully saturated rings. The van der Waals surface area contributed by atoms with E-state index in [-0.39, 0.29) is 24.9 Å². The molecule has 0 spiro atoms. The summed E-state index contributed by atoms with van der Waals surface area (Å²) >= 11 is 7.37. The molecule has 8 heteroatoms. The van der Waals surface area contributed by atoms with Gasteiger partial charge in [-0.2, -0.15) is 0 Å². The zero-order chi connectivity index (χ0) is 17.1. The number of benzene rings is 1. The highest BCUT2D eigenvalue weighted by molar-refractivity contribution is 7.15. The van der Waals surface area contributed by atoms with Crippen LogP contribution in [-0.2, 0) is 17.8 Å². The number of fused-ring (bicyclic) bond motifs is 1. The number of nitrogens with one attached hydrogen (secondary N) is 1. The molecule has 0 saturated heterocycles.